The van der Waals surface area contributed by atoms with E-state index in [4.69, 9.17) is 4.74 Å². The molecule has 0 aliphatic carbocycles. The number of aromatic amines is 1. The van der Waals surface area contributed by atoms with Gasteiger partial charge in [0.15, 0.2) is 0 Å². The number of nitrogens with zero attached hydrogens (tertiary/aromatic N) is 1. The Morgan fingerprint density at radius 1 is 1.33 bits per heavy atom. The number of fused-ring (bicyclic) bond motifs is 1. The minimum Gasteiger partial charge on any atom is -0.459 e. The van der Waals surface area contributed by atoms with E-state index < -0.39 is 0 Å². The molecule has 0 fully saturated rings. The van der Waals surface area contributed by atoms with Gasteiger partial charge in [-0.1, -0.05) is 0 Å². The second-order valence-electron chi connectivity index (χ2n) is 4.47. The Hall–Kier alpha value is -1.55. The van der Waals surface area contributed by atoms with Gasteiger partial charge in [0.25, 0.3) is 0 Å². The number of aryl methyl sites for hydroxylation is 2. The van der Waals surface area contributed by atoms with Crippen molar-refractivity contribution in [2.45, 2.75) is 33.8 Å². The minimum absolute atomic E-state index is 0. The number of halogens is 1. The zero-order valence-electron chi connectivity index (χ0n) is 10.9. The van der Waals surface area contributed by atoms with E-state index in [1.807, 2.05) is 33.8 Å². The molecule has 18 heavy (non-hydrogen) atoms. The molecule has 0 unspecified atom stereocenters. The van der Waals surface area contributed by atoms with Gasteiger partial charge in [-0.25, -0.2) is 9.78 Å². The first kappa shape index (κ1) is 14.5. The summed E-state index contributed by atoms with van der Waals surface area (Å²) in [5, 5.41) is 0. The highest BCUT2D eigenvalue weighted by Crippen LogP contribution is 2.19. The van der Waals surface area contributed by atoms with Gasteiger partial charge in [-0.15, -0.1) is 12.4 Å². The van der Waals surface area contributed by atoms with E-state index >= 15 is 0 Å². The second-order valence-corrected chi connectivity index (χ2v) is 4.47. The van der Waals surface area contributed by atoms with Crippen LogP contribution in [0, 0.1) is 13.8 Å². The summed E-state index contributed by atoms with van der Waals surface area (Å²) in [6.07, 6.45) is -0.109. The molecule has 0 spiro atoms. The molecule has 1 aromatic carbocycles. The minimum atomic E-state index is -0.294. The van der Waals surface area contributed by atoms with Crippen LogP contribution in [0.2, 0.25) is 0 Å². The zero-order chi connectivity index (χ0) is 12.6. The van der Waals surface area contributed by atoms with Crippen molar-refractivity contribution in [3.63, 3.8) is 0 Å². The molecule has 0 aliphatic heterocycles. The fourth-order valence-electron chi connectivity index (χ4n) is 1.81. The highest BCUT2D eigenvalue weighted by Gasteiger charge is 2.13. The van der Waals surface area contributed by atoms with E-state index in [1.54, 1.807) is 6.07 Å². The van der Waals surface area contributed by atoms with Crippen LogP contribution in [0.25, 0.3) is 11.0 Å². The first-order chi connectivity index (χ1) is 7.97. The summed E-state index contributed by atoms with van der Waals surface area (Å²) in [5.41, 5.74) is 3.32. The summed E-state index contributed by atoms with van der Waals surface area (Å²) in [6.45, 7) is 7.51. The quantitative estimate of drug-likeness (QED) is 0.851. The smallest absolute Gasteiger partial charge is 0.338 e. The van der Waals surface area contributed by atoms with E-state index in [2.05, 4.69) is 9.97 Å². The largest absolute Gasteiger partial charge is 0.459 e. The number of ether oxygens (including phenoxy) is 1. The maximum absolute atomic E-state index is 11.8. The van der Waals surface area contributed by atoms with Crippen LogP contribution in [-0.2, 0) is 4.74 Å². The molecular weight excluding hydrogens is 252 g/mol. The van der Waals surface area contributed by atoms with Crippen molar-refractivity contribution in [2.75, 3.05) is 0 Å². The third-order valence-corrected chi connectivity index (χ3v) is 2.47. The Bertz CT molecular complexity index is 576. The molecule has 0 radical (unpaired) electrons. The van der Waals surface area contributed by atoms with Gasteiger partial charge < -0.3 is 9.72 Å². The molecule has 0 saturated heterocycles. The predicted molar refractivity (Wildman–Crippen MR) is 73.4 cm³/mol. The van der Waals surface area contributed by atoms with Crippen LogP contribution in [0.15, 0.2) is 12.1 Å². The molecule has 5 heteroatoms. The standard InChI is InChI=1S/C13H16N2O2.ClH/c1-7(2)17-13(16)10-5-8(3)12-11(6-10)14-9(4)15-12;/h5-7H,1-4H3,(H,14,15);1H. The molecule has 0 amide bonds. The first-order valence-corrected chi connectivity index (χ1v) is 5.65. The Morgan fingerprint density at radius 2 is 2.00 bits per heavy atom. The maximum Gasteiger partial charge on any atom is 0.338 e. The van der Waals surface area contributed by atoms with Crippen molar-refractivity contribution in [1.82, 2.24) is 9.97 Å². The fourth-order valence-corrected chi connectivity index (χ4v) is 1.81. The summed E-state index contributed by atoms with van der Waals surface area (Å²) in [7, 11) is 0. The summed E-state index contributed by atoms with van der Waals surface area (Å²) in [6, 6.07) is 3.60. The van der Waals surface area contributed by atoms with E-state index in [0.717, 1.165) is 22.4 Å². The molecule has 0 bridgehead atoms. The van der Waals surface area contributed by atoms with Crippen molar-refractivity contribution in [3.8, 4) is 0 Å². The number of esters is 1. The molecule has 98 valence electrons. The Balaban J connectivity index is 0.00000162. The van der Waals surface area contributed by atoms with Crippen molar-refractivity contribution in [1.29, 1.82) is 0 Å². The number of benzene rings is 1. The average molecular weight is 269 g/mol. The number of imidazole rings is 1. The lowest BCUT2D eigenvalue weighted by molar-refractivity contribution is 0.0378. The number of carbonyl (C=O) groups excluding carboxylic acids is 1. The highest BCUT2D eigenvalue weighted by atomic mass is 35.5. The third kappa shape index (κ3) is 2.82. The van der Waals surface area contributed by atoms with Crippen LogP contribution < -0.4 is 0 Å². The summed E-state index contributed by atoms with van der Waals surface area (Å²) in [4.78, 5) is 19.3. The van der Waals surface area contributed by atoms with Crippen LogP contribution in [-0.4, -0.2) is 22.0 Å². The predicted octanol–water partition coefficient (Wildman–Crippen LogP) is 3.17. The Morgan fingerprint density at radius 3 is 2.61 bits per heavy atom. The van der Waals surface area contributed by atoms with Crippen LogP contribution in [0.1, 0.15) is 35.6 Å². The van der Waals surface area contributed by atoms with E-state index in [0.29, 0.717) is 5.56 Å². The Labute approximate surface area is 112 Å². The molecule has 4 nitrogen and oxygen atoms in total. The monoisotopic (exact) mass is 268 g/mol. The number of aromatic nitrogens is 2. The highest BCUT2D eigenvalue weighted by molar-refractivity contribution is 5.94. The summed E-state index contributed by atoms with van der Waals surface area (Å²) >= 11 is 0. The second kappa shape index (κ2) is 5.40. The van der Waals surface area contributed by atoms with E-state index in [1.165, 1.54) is 0 Å². The summed E-state index contributed by atoms with van der Waals surface area (Å²) < 4.78 is 5.17. The van der Waals surface area contributed by atoms with E-state index in [-0.39, 0.29) is 24.5 Å². The average Bonchev–Trinajstić information content (AvgIpc) is 2.58. The molecule has 1 N–H and O–H groups in total. The topological polar surface area (TPSA) is 55.0 Å². The lowest BCUT2D eigenvalue weighted by Gasteiger charge is -2.08. The molecule has 0 atom stereocenters. The molecular formula is C13H17ClN2O2. The van der Waals surface area contributed by atoms with E-state index in [9.17, 15) is 4.79 Å². The molecule has 1 aromatic heterocycles. The van der Waals surface area contributed by atoms with Crippen molar-refractivity contribution in [3.05, 3.63) is 29.1 Å². The summed E-state index contributed by atoms with van der Waals surface area (Å²) in [5.74, 6) is 0.551. The van der Waals surface area contributed by atoms with Gasteiger partial charge in [0.1, 0.15) is 5.82 Å². The number of hydrogen-bond donors (Lipinski definition) is 1. The maximum atomic E-state index is 11.8. The van der Waals surface area contributed by atoms with Crippen LogP contribution in [0.3, 0.4) is 0 Å². The molecule has 2 aromatic rings. The lowest BCUT2D eigenvalue weighted by Crippen LogP contribution is -2.11. The van der Waals surface area contributed by atoms with Gasteiger partial charge in [0, 0.05) is 0 Å². The number of carbonyl (C=O) groups is 1. The Kier molecular flexibility index (Phi) is 4.35. The molecule has 0 saturated carbocycles. The van der Waals surface area contributed by atoms with Crippen LogP contribution >= 0.6 is 12.4 Å². The molecule has 1 heterocycles. The van der Waals surface area contributed by atoms with Gasteiger partial charge >= 0.3 is 5.97 Å². The number of hydrogen-bond acceptors (Lipinski definition) is 3. The van der Waals surface area contributed by atoms with Gasteiger partial charge in [-0.2, -0.15) is 0 Å². The van der Waals surface area contributed by atoms with Crippen LogP contribution in [0.4, 0.5) is 0 Å². The van der Waals surface area contributed by atoms with Gasteiger partial charge in [0.2, 0.25) is 0 Å². The normalized spacial score (nSPS) is 10.5. The SMILES string of the molecule is Cc1nc2c(C)cc(C(=O)OC(C)C)cc2[nH]1.Cl. The molecule has 0 aliphatic rings. The van der Waals surface area contributed by atoms with Crippen LogP contribution in [0.5, 0.6) is 0 Å². The molecule has 2 rings (SSSR count). The van der Waals surface area contributed by atoms with Gasteiger partial charge in [-0.3, -0.25) is 0 Å². The van der Waals surface area contributed by atoms with Crippen molar-refractivity contribution < 1.29 is 9.53 Å². The van der Waals surface area contributed by atoms with Crippen molar-refractivity contribution in [2.24, 2.45) is 0 Å². The fraction of sp³-hybridized carbons (Fsp3) is 0.385. The zero-order valence-corrected chi connectivity index (χ0v) is 11.7. The van der Waals surface area contributed by atoms with Gasteiger partial charge in [-0.05, 0) is 45.4 Å². The van der Waals surface area contributed by atoms with Crippen molar-refractivity contribution >= 4 is 29.4 Å². The third-order valence-electron chi connectivity index (χ3n) is 2.47. The number of rotatable bonds is 2. The van der Waals surface area contributed by atoms with Gasteiger partial charge in [0.05, 0.1) is 22.7 Å². The number of H-pyrrole nitrogens is 1. The lowest BCUT2D eigenvalue weighted by atomic mass is 10.1. The number of nitrogens with one attached hydrogen (secondary N) is 1. The first-order valence-electron chi connectivity index (χ1n) is 5.65.